The normalized spacial score (nSPS) is 17.7. The first-order valence-electron chi connectivity index (χ1n) is 6.79. The maximum atomic E-state index is 12.0. The summed E-state index contributed by atoms with van der Waals surface area (Å²) in [5, 5.41) is 2.68. The summed E-state index contributed by atoms with van der Waals surface area (Å²) in [6.45, 7) is 2.36. The molecule has 0 saturated carbocycles. The Morgan fingerprint density at radius 1 is 1.33 bits per heavy atom. The Bertz CT molecular complexity index is 641. The van der Waals surface area contributed by atoms with Gasteiger partial charge in [0.15, 0.2) is 5.82 Å². The zero-order chi connectivity index (χ0) is 14.7. The van der Waals surface area contributed by atoms with Crippen LogP contribution in [0, 0.1) is 6.92 Å². The first-order valence-corrected chi connectivity index (χ1v) is 6.79. The molecule has 0 bridgehead atoms. The molecular formula is C14H15N5O2. The van der Waals surface area contributed by atoms with Crippen molar-refractivity contribution >= 4 is 11.9 Å². The minimum absolute atomic E-state index is 0.218. The topological polar surface area (TPSA) is 89.9 Å². The van der Waals surface area contributed by atoms with Crippen LogP contribution in [0.1, 0.15) is 18.7 Å². The van der Waals surface area contributed by atoms with Gasteiger partial charge in [0.05, 0.1) is 0 Å². The van der Waals surface area contributed by atoms with Crippen LogP contribution in [0.2, 0.25) is 0 Å². The lowest BCUT2D eigenvalue weighted by atomic mass is 10.2. The monoisotopic (exact) mass is 285 g/mol. The van der Waals surface area contributed by atoms with Crippen molar-refractivity contribution in [2.75, 3.05) is 11.9 Å². The SMILES string of the molecule is Cc1nc(NC(=O)[C@@H]2CCCO2)nc(-c2ccccn2)n1. The second kappa shape index (κ2) is 5.92. The number of nitrogens with one attached hydrogen (secondary N) is 1. The number of aromatic nitrogens is 4. The van der Waals surface area contributed by atoms with E-state index in [0.29, 0.717) is 23.9 Å². The Hall–Kier alpha value is -2.41. The van der Waals surface area contributed by atoms with Gasteiger partial charge in [0.25, 0.3) is 5.91 Å². The molecule has 1 aliphatic rings. The minimum atomic E-state index is -0.416. The zero-order valence-electron chi connectivity index (χ0n) is 11.6. The van der Waals surface area contributed by atoms with E-state index in [4.69, 9.17) is 4.74 Å². The van der Waals surface area contributed by atoms with Crippen LogP contribution in [0.15, 0.2) is 24.4 Å². The van der Waals surface area contributed by atoms with Gasteiger partial charge in [0.2, 0.25) is 5.95 Å². The minimum Gasteiger partial charge on any atom is -0.368 e. The van der Waals surface area contributed by atoms with Crippen molar-refractivity contribution in [2.45, 2.75) is 25.9 Å². The third-order valence-corrected chi connectivity index (χ3v) is 3.10. The van der Waals surface area contributed by atoms with Crippen LogP contribution in [0.5, 0.6) is 0 Å². The first-order chi connectivity index (χ1) is 10.2. The highest BCUT2D eigenvalue weighted by molar-refractivity contribution is 5.92. The number of hydrogen-bond acceptors (Lipinski definition) is 6. The van der Waals surface area contributed by atoms with E-state index in [9.17, 15) is 4.79 Å². The molecular weight excluding hydrogens is 270 g/mol. The molecule has 108 valence electrons. The highest BCUT2D eigenvalue weighted by atomic mass is 16.5. The van der Waals surface area contributed by atoms with Crippen molar-refractivity contribution in [1.82, 2.24) is 19.9 Å². The maximum Gasteiger partial charge on any atom is 0.255 e. The summed E-state index contributed by atoms with van der Waals surface area (Å²) in [7, 11) is 0. The van der Waals surface area contributed by atoms with Crippen LogP contribution in [0.4, 0.5) is 5.95 Å². The van der Waals surface area contributed by atoms with E-state index in [1.165, 1.54) is 0 Å². The van der Waals surface area contributed by atoms with Gasteiger partial charge in [-0.1, -0.05) is 6.07 Å². The van der Waals surface area contributed by atoms with Crippen LogP contribution >= 0.6 is 0 Å². The number of amides is 1. The number of carbonyl (C=O) groups is 1. The third-order valence-electron chi connectivity index (χ3n) is 3.10. The van der Waals surface area contributed by atoms with Gasteiger partial charge in [-0.2, -0.15) is 9.97 Å². The summed E-state index contributed by atoms with van der Waals surface area (Å²) in [5.74, 6) is 0.966. The molecule has 1 N–H and O–H groups in total. The average Bonchev–Trinajstić information content (AvgIpc) is 3.02. The summed E-state index contributed by atoms with van der Waals surface area (Å²) in [6, 6.07) is 5.48. The van der Waals surface area contributed by atoms with Crippen LogP contribution in [-0.2, 0) is 9.53 Å². The second-order valence-corrected chi connectivity index (χ2v) is 4.74. The molecule has 7 heteroatoms. The first kappa shape index (κ1) is 13.6. The highest BCUT2D eigenvalue weighted by Crippen LogP contribution is 2.16. The fraction of sp³-hybridized carbons (Fsp3) is 0.357. The molecule has 2 aromatic heterocycles. The number of aryl methyl sites for hydroxylation is 1. The molecule has 1 fully saturated rings. The molecule has 7 nitrogen and oxygen atoms in total. The van der Waals surface area contributed by atoms with Crippen molar-refractivity contribution in [2.24, 2.45) is 0 Å². The molecule has 0 unspecified atom stereocenters. The molecule has 2 aromatic rings. The van der Waals surface area contributed by atoms with Gasteiger partial charge in [-0.15, -0.1) is 0 Å². The number of carbonyl (C=O) groups excluding carboxylic acids is 1. The van der Waals surface area contributed by atoms with Crippen molar-refractivity contribution in [3.8, 4) is 11.5 Å². The molecule has 3 heterocycles. The number of hydrogen-bond donors (Lipinski definition) is 1. The average molecular weight is 285 g/mol. The van der Waals surface area contributed by atoms with Crippen molar-refractivity contribution in [1.29, 1.82) is 0 Å². The van der Waals surface area contributed by atoms with Gasteiger partial charge in [0.1, 0.15) is 17.6 Å². The summed E-state index contributed by atoms with van der Waals surface area (Å²) in [6.07, 6.45) is 2.87. The summed E-state index contributed by atoms with van der Waals surface area (Å²) in [5.41, 5.74) is 0.635. The summed E-state index contributed by atoms with van der Waals surface area (Å²) < 4.78 is 5.34. The molecule has 1 amide bonds. The Balaban J connectivity index is 1.82. The van der Waals surface area contributed by atoms with Crippen LogP contribution in [-0.4, -0.2) is 38.6 Å². The Kier molecular flexibility index (Phi) is 3.83. The summed E-state index contributed by atoms with van der Waals surface area (Å²) >= 11 is 0. The van der Waals surface area contributed by atoms with Gasteiger partial charge in [-0.05, 0) is 31.9 Å². The standard InChI is InChI=1S/C14H15N5O2/c1-9-16-12(10-5-2-3-7-15-10)18-14(17-9)19-13(20)11-6-4-8-21-11/h2-3,5,7,11H,4,6,8H2,1H3,(H,16,17,18,19,20)/t11-/m0/s1. The number of rotatable bonds is 3. The van der Waals surface area contributed by atoms with Gasteiger partial charge in [-0.3, -0.25) is 15.1 Å². The Morgan fingerprint density at radius 2 is 2.24 bits per heavy atom. The van der Waals surface area contributed by atoms with E-state index < -0.39 is 6.10 Å². The molecule has 0 spiro atoms. The summed E-state index contributed by atoms with van der Waals surface area (Å²) in [4.78, 5) is 28.8. The molecule has 3 rings (SSSR count). The van der Waals surface area contributed by atoms with Gasteiger partial charge in [0, 0.05) is 12.8 Å². The quantitative estimate of drug-likeness (QED) is 0.915. The predicted octanol–water partition coefficient (Wildman–Crippen LogP) is 1.36. The zero-order valence-corrected chi connectivity index (χ0v) is 11.6. The maximum absolute atomic E-state index is 12.0. The van der Waals surface area contributed by atoms with E-state index in [1.807, 2.05) is 12.1 Å². The van der Waals surface area contributed by atoms with Crippen LogP contribution < -0.4 is 5.32 Å². The Labute approximate surface area is 121 Å². The molecule has 1 atom stereocenters. The fourth-order valence-corrected chi connectivity index (χ4v) is 2.12. The molecule has 0 aliphatic carbocycles. The lowest BCUT2D eigenvalue weighted by Crippen LogP contribution is -2.28. The fourth-order valence-electron chi connectivity index (χ4n) is 2.12. The largest absolute Gasteiger partial charge is 0.368 e. The predicted molar refractivity (Wildman–Crippen MR) is 75.4 cm³/mol. The number of ether oxygens (including phenoxy) is 1. The third kappa shape index (κ3) is 3.19. The van der Waals surface area contributed by atoms with Crippen molar-refractivity contribution in [3.63, 3.8) is 0 Å². The molecule has 0 aromatic carbocycles. The smallest absolute Gasteiger partial charge is 0.255 e. The number of anilines is 1. The van der Waals surface area contributed by atoms with E-state index in [-0.39, 0.29) is 11.9 Å². The number of nitrogens with zero attached hydrogens (tertiary/aromatic N) is 4. The second-order valence-electron chi connectivity index (χ2n) is 4.74. The Morgan fingerprint density at radius 3 is 2.95 bits per heavy atom. The lowest BCUT2D eigenvalue weighted by molar-refractivity contribution is -0.124. The van der Waals surface area contributed by atoms with Crippen LogP contribution in [0.25, 0.3) is 11.5 Å². The molecule has 21 heavy (non-hydrogen) atoms. The van der Waals surface area contributed by atoms with Gasteiger partial charge >= 0.3 is 0 Å². The van der Waals surface area contributed by atoms with Crippen molar-refractivity contribution in [3.05, 3.63) is 30.2 Å². The van der Waals surface area contributed by atoms with E-state index >= 15 is 0 Å². The molecule has 1 saturated heterocycles. The number of pyridine rings is 1. The molecule has 1 aliphatic heterocycles. The van der Waals surface area contributed by atoms with Crippen molar-refractivity contribution < 1.29 is 9.53 Å². The van der Waals surface area contributed by atoms with Gasteiger partial charge in [-0.25, -0.2) is 4.98 Å². The molecule has 0 radical (unpaired) electrons. The van der Waals surface area contributed by atoms with Gasteiger partial charge < -0.3 is 4.74 Å². The lowest BCUT2D eigenvalue weighted by Gasteiger charge is -2.10. The van der Waals surface area contributed by atoms with E-state index in [2.05, 4.69) is 25.3 Å². The van der Waals surface area contributed by atoms with Crippen LogP contribution in [0.3, 0.4) is 0 Å². The van der Waals surface area contributed by atoms with E-state index in [1.54, 1.807) is 19.2 Å². The van der Waals surface area contributed by atoms with E-state index in [0.717, 1.165) is 12.8 Å². The highest BCUT2D eigenvalue weighted by Gasteiger charge is 2.24.